The second-order valence-electron chi connectivity index (χ2n) is 10.0. The largest absolute Gasteiger partial charge is 0.396 e. The lowest BCUT2D eigenvalue weighted by Crippen LogP contribution is -2.14. The molecule has 0 saturated heterocycles. The number of rotatable bonds is 7. The molecular weight excluding hydrogens is 1030 g/mol. The predicted octanol–water partition coefficient (Wildman–Crippen LogP) is 8.22. The first-order valence-corrected chi connectivity index (χ1v) is 19.9. The molecule has 0 unspecified atom stereocenters. The third kappa shape index (κ3) is 21.2. The van der Waals surface area contributed by atoms with Crippen molar-refractivity contribution in [3.63, 3.8) is 0 Å². The van der Waals surface area contributed by atoms with Crippen LogP contribution in [0.15, 0.2) is 55.4 Å². The minimum Gasteiger partial charge on any atom is -0.396 e. The van der Waals surface area contributed by atoms with Crippen LogP contribution in [0.2, 0.25) is 0 Å². The molecule has 0 aromatic carbocycles. The van der Waals surface area contributed by atoms with E-state index < -0.39 is 9.85 Å². The van der Waals surface area contributed by atoms with Gasteiger partial charge in [-0.25, -0.2) is 0 Å². The van der Waals surface area contributed by atoms with Crippen LogP contribution in [0.4, 0.5) is 34.1 Å². The summed E-state index contributed by atoms with van der Waals surface area (Å²) in [7, 11) is 0. The number of aromatic nitrogens is 3. The second kappa shape index (κ2) is 27.6. The van der Waals surface area contributed by atoms with E-state index in [4.69, 9.17) is 23.1 Å². The van der Waals surface area contributed by atoms with Crippen molar-refractivity contribution in [3.05, 3.63) is 75.6 Å². The number of hydrogen-bond acceptors (Lipinski definition) is 12. The fourth-order valence-corrected chi connectivity index (χ4v) is 3.40. The molecule has 0 bridgehead atoms. The number of nitro groups is 2. The van der Waals surface area contributed by atoms with Crippen LogP contribution in [0.1, 0.15) is 53.4 Å². The molecule has 2 amide bonds. The molecule has 6 N–H and O–H groups in total. The maximum atomic E-state index is 11.4. The monoisotopic (exact) mass is 1070 g/mol. The Morgan fingerprint density at radius 3 is 1.43 bits per heavy atom. The second-order valence-corrected chi connectivity index (χ2v) is 14.8. The molecule has 51 heavy (non-hydrogen) atoms. The maximum absolute atomic E-state index is 11.4. The highest BCUT2D eigenvalue weighted by molar-refractivity contribution is 14.2. The van der Waals surface area contributed by atoms with Crippen molar-refractivity contribution >= 4 is 131 Å². The highest BCUT2D eigenvalue weighted by atomic mass is 127. The van der Waals surface area contributed by atoms with E-state index in [-0.39, 0.29) is 72.4 Å². The molecule has 3 aliphatic carbocycles. The molecule has 16 nitrogen and oxygen atoms in total. The minimum atomic E-state index is -0.567. The zero-order chi connectivity index (χ0) is 36.9. The summed E-state index contributed by atoms with van der Waals surface area (Å²) in [5.41, 5.74) is 12.1. The van der Waals surface area contributed by atoms with Crippen LogP contribution in [-0.2, 0) is 14.4 Å². The first-order chi connectivity index (χ1) is 23.4. The third-order valence-electron chi connectivity index (χ3n) is 6.19. The molecule has 6 rings (SSSR count). The summed E-state index contributed by atoms with van der Waals surface area (Å²) in [6, 6.07) is 4.52. The van der Waals surface area contributed by atoms with Crippen LogP contribution < -0.4 is 22.1 Å². The lowest BCUT2D eigenvalue weighted by Gasteiger charge is -2.05. The van der Waals surface area contributed by atoms with E-state index in [1.807, 2.05) is 4.93 Å². The van der Waals surface area contributed by atoms with Gasteiger partial charge in [0.05, 0.1) is 29.9 Å². The van der Waals surface area contributed by atoms with Gasteiger partial charge < -0.3 is 22.1 Å². The van der Waals surface area contributed by atoms with Crippen molar-refractivity contribution < 1.29 is 24.2 Å². The number of halogens is 4. The SMILES string of the molecule is C.C.CI.ICI.Nc1ccncc1[N+](=O)[O-].Nc1cnccc1NC(=O)C1CC1.O=C(Cl)C1CC1.O=C(Nc1ccncc1[N+](=O)[O-])C1CC1. The molecule has 20 heteroatoms. The van der Waals surface area contributed by atoms with Crippen molar-refractivity contribution in [2.24, 2.45) is 17.8 Å². The molecule has 3 aromatic heterocycles. The van der Waals surface area contributed by atoms with Gasteiger partial charge in [-0.05, 0) is 73.3 Å². The molecule has 0 spiro atoms. The topological polar surface area (TPSA) is 252 Å². The van der Waals surface area contributed by atoms with Crippen molar-refractivity contribution in [1.82, 2.24) is 15.0 Å². The molecule has 3 aromatic rings. The van der Waals surface area contributed by atoms with E-state index in [0.717, 1.165) is 50.9 Å². The summed E-state index contributed by atoms with van der Waals surface area (Å²) >= 11 is 11.7. The molecule has 3 aliphatic rings. The van der Waals surface area contributed by atoms with Crippen LogP contribution in [0.25, 0.3) is 0 Å². The number of nitrogens with one attached hydrogen (secondary N) is 2. The Morgan fingerprint density at radius 2 is 1.10 bits per heavy atom. The van der Waals surface area contributed by atoms with Crippen molar-refractivity contribution in [1.29, 1.82) is 0 Å². The number of carbonyl (C=O) groups excluding carboxylic acids is 3. The summed E-state index contributed by atoms with van der Waals surface area (Å²) < 4.78 is 1.19. The Balaban J connectivity index is 0. The fraction of sp³-hybridized carbons (Fsp3) is 0.419. The Bertz CT molecular complexity index is 1550. The maximum Gasteiger partial charge on any atom is 0.310 e. The van der Waals surface area contributed by atoms with Gasteiger partial charge in [0.15, 0.2) is 0 Å². The molecule has 0 radical (unpaired) electrons. The van der Waals surface area contributed by atoms with Gasteiger partial charge >= 0.3 is 11.4 Å². The van der Waals surface area contributed by atoms with E-state index in [2.05, 4.69) is 93.4 Å². The summed E-state index contributed by atoms with van der Waals surface area (Å²) in [6.45, 7) is 0. The van der Waals surface area contributed by atoms with E-state index in [0.29, 0.717) is 11.4 Å². The van der Waals surface area contributed by atoms with Gasteiger partial charge in [-0.1, -0.05) is 82.6 Å². The van der Waals surface area contributed by atoms with Crippen LogP contribution in [0.5, 0.6) is 0 Å². The average molecular weight is 1070 g/mol. The van der Waals surface area contributed by atoms with Crippen molar-refractivity contribution in [2.45, 2.75) is 53.4 Å². The van der Waals surface area contributed by atoms with Crippen molar-refractivity contribution in [3.8, 4) is 0 Å². The summed E-state index contributed by atoms with van der Waals surface area (Å²) in [5.74, 6) is 0.374. The van der Waals surface area contributed by atoms with E-state index in [9.17, 15) is 34.6 Å². The number of amides is 2. The molecule has 3 fully saturated rings. The zero-order valence-corrected chi connectivity index (χ0v) is 33.4. The lowest BCUT2D eigenvalue weighted by molar-refractivity contribution is -0.384. The van der Waals surface area contributed by atoms with Crippen LogP contribution >= 0.6 is 79.4 Å². The van der Waals surface area contributed by atoms with Gasteiger partial charge in [-0.15, -0.1) is 0 Å². The number of nitrogens with two attached hydrogens (primary N) is 2. The van der Waals surface area contributed by atoms with Gasteiger partial charge in [-0.2, -0.15) is 0 Å². The van der Waals surface area contributed by atoms with E-state index >= 15 is 0 Å². The molecule has 3 saturated carbocycles. The number of hydrogen-bond donors (Lipinski definition) is 4. The van der Waals surface area contributed by atoms with Crippen LogP contribution in [0, 0.1) is 38.0 Å². The quantitative estimate of drug-likeness (QED) is 0.0574. The molecule has 282 valence electrons. The first-order valence-electron chi connectivity index (χ1n) is 14.3. The Hall–Kier alpha value is -3.06. The smallest absolute Gasteiger partial charge is 0.310 e. The summed E-state index contributed by atoms with van der Waals surface area (Å²) in [4.78, 5) is 65.3. The Morgan fingerprint density at radius 1 is 0.725 bits per heavy atom. The normalized spacial score (nSPS) is 13.0. The highest BCUT2D eigenvalue weighted by Gasteiger charge is 2.31. The van der Waals surface area contributed by atoms with E-state index in [1.54, 1.807) is 12.3 Å². The number of carbonyl (C=O) groups is 3. The molecular formula is C31H43ClI3N9O7. The van der Waals surface area contributed by atoms with Gasteiger partial charge in [0.25, 0.3) is 0 Å². The van der Waals surface area contributed by atoms with Gasteiger partial charge in [0.1, 0.15) is 23.8 Å². The Kier molecular flexibility index (Phi) is 27.1. The average Bonchev–Trinajstić information content (AvgIpc) is 3.90. The number of nitrogen functional groups attached to an aromatic ring is 2. The predicted molar refractivity (Wildman–Crippen MR) is 227 cm³/mol. The van der Waals surface area contributed by atoms with Crippen LogP contribution in [-0.4, -0.2) is 49.2 Å². The molecule has 0 atom stereocenters. The third-order valence-corrected chi connectivity index (χ3v) is 6.50. The minimum absolute atomic E-state index is 0. The van der Waals surface area contributed by atoms with Crippen LogP contribution in [0.3, 0.4) is 0 Å². The van der Waals surface area contributed by atoms with Crippen molar-refractivity contribution in [2.75, 3.05) is 29.5 Å². The zero-order valence-electron chi connectivity index (χ0n) is 26.1. The molecule has 0 aliphatic heterocycles. The van der Waals surface area contributed by atoms with E-state index in [1.165, 1.54) is 33.2 Å². The summed E-state index contributed by atoms with van der Waals surface area (Å²) in [6.07, 6.45) is 14.0. The first kappa shape index (κ1) is 50.0. The van der Waals surface area contributed by atoms with Gasteiger partial charge in [-0.3, -0.25) is 49.6 Å². The number of anilines is 4. The number of nitrogens with zero attached hydrogens (tertiary/aromatic N) is 5. The lowest BCUT2D eigenvalue weighted by atomic mass is 10.3. The van der Waals surface area contributed by atoms with Gasteiger partial charge in [0, 0.05) is 36.3 Å². The van der Waals surface area contributed by atoms with Gasteiger partial charge in [0.2, 0.25) is 17.1 Å². The number of pyridine rings is 3. The summed E-state index contributed by atoms with van der Waals surface area (Å²) in [5, 5.41) is 25.9. The molecule has 3 heterocycles. The fourth-order valence-electron chi connectivity index (χ4n) is 3.18. The standard InChI is InChI=1S/C9H9N3O3.C9H11N3O.C5H5N3O2.C4H5ClO.CH2I2.CH3I.2CH4/c13-9(6-1-2-6)11-7-3-4-10-5-8(7)12(14)15;10-7-5-11-4-3-8(7)12-9(13)6-1-2-6;6-4-1-2-7-3-5(4)8(9)10;5-4(6)3-1-2-3;2-1-3;1-2;;/h3-6H,1-2H2,(H,10,11,13);3-6H,1-2,10H2,(H,11,12,13);1-3H,(H2,6,7);3H,1-2H2;1H2;1H3;2*1H4. The number of alkyl halides is 3. The Labute approximate surface area is 343 Å². The highest BCUT2D eigenvalue weighted by Crippen LogP contribution is 2.32.